The van der Waals surface area contributed by atoms with Crippen molar-refractivity contribution < 1.29 is 4.42 Å². The number of aromatic nitrogens is 2. The zero-order valence-corrected chi connectivity index (χ0v) is 23.2. The zero-order chi connectivity index (χ0) is 28.3. The number of furan rings is 1. The Kier molecular flexibility index (Phi) is 5.20. The van der Waals surface area contributed by atoms with Crippen molar-refractivity contribution in [2.75, 3.05) is 0 Å². The normalized spacial score (nSPS) is 11.7. The van der Waals surface area contributed by atoms with E-state index in [2.05, 4.69) is 127 Å². The lowest BCUT2D eigenvalue weighted by Gasteiger charge is -2.12. The van der Waals surface area contributed by atoms with E-state index >= 15 is 0 Å². The van der Waals surface area contributed by atoms with Gasteiger partial charge in [-0.2, -0.15) is 0 Å². The van der Waals surface area contributed by atoms with Crippen LogP contribution in [0.5, 0.6) is 0 Å². The van der Waals surface area contributed by atoms with E-state index in [1.165, 1.54) is 10.8 Å². The molecule has 0 amide bonds. The van der Waals surface area contributed by atoms with E-state index in [1.807, 2.05) is 18.3 Å². The van der Waals surface area contributed by atoms with Crippen molar-refractivity contribution in [1.29, 1.82) is 0 Å². The fraction of sp³-hybridized carbons (Fsp3) is 0. The lowest BCUT2D eigenvalue weighted by Crippen LogP contribution is -1.92. The summed E-state index contributed by atoms with van der Waals surface area (Å²) in [6.07, 6.45) is 1.90. The molecule has 2 aromatic heterocycles. The lowest BCUT2D eigenvalue weighted by molar-refractivity contribution is 0.670. The fourth-order valence-corrected chi connectivity index (χ4v) is 6.51. The second-order valence-corrected chi connectivity index (χ2v) is 10.9. The summed E-state index contributed by atoms with van der Waals surface area (Å²) < 4.78 is 6.38. The van der Waals surface area contributed by atoms with E-state index in [4.69, 9.17) is 14.4 Å². The first-order valence-electron chi connectivity index (χ1n) is 14.5. The standard InChI is InChI=1S/C40H24N2O/c1-2-11-28(34-17-9-18-35-31-14-7-8-19-37(31)43-40(34)35)27(10-1)25-20-22-26(23-21-25)36-24-41-38-32-15-5-3-12-29(32)30-13-4-6-16-33(30)39(38)42-36/h1-24H. The van der Waals surface area contributed by atoms with Crippen molar-refractivity contribution in [1.82, 2.24) is 9.97 Å². The zero-order valence-electron chi connectivity index (χ0n) is 23.2. The molecule has 7 aromatic carbocycles. The van der Waals surface area contributed by atoms with Crippen LogP contribution in [0.1, 0.15) is 0 Å². The van der Waals surface area contributed by atoms with E-state index in [1.54, 1.807) is 0 Å². The molecule has 3 heteroatoms. The number of rotatable bonds is 3. The molecule has 0 aliphatic heterocycles. The predicted molar refractivity (Wildman–Crippen MR) is 178 cm³/mol. The molecule has 0 radical (unpaired) electrons. The average Bonchev–Trinajstić information content (AvgIpc) is 3.47. The molecular weight excluding hydrogens is 524 g/mol. The highest BCUT2D eigenvalue weighted by Gasteiger charge is 2.16. The van der Waals surface area contributed by atoms with Gasteiger partial charge in [-0.1, -0.05) is 133 Å². The van der Waals surface area contributed by atoms with Crippen LogP contribution in [-0.2, 0) is 0 Å². The third-order valence-corrected chi connectivity index (χ3v) is 8.54. The summed E-state index contributed by atoms with van der Waals surface area (Å²) >= 11 is 0. The van der Waals surface area contributed by atoms with Crippen LogP contribution in [0.15, 0.2) is 150 Å². The highest BCUT2D eigenvalue weighted by Crippen LogP contribution is 2.40. The third kappa shape index (κ3) is 3.68. The van der Waals surface area contributed by atoms with Gasteiger partial charge in [0.1, 0.15) is 11.2 Å². The van der Waals surface area contributed by atoms with E-state index in [9.17, 15) is 0 Å². The first-order valence-corrected chi connectivity index (χ1v) is 14.5. The van der Waals surface area contributed by atoms with Gasteiger partial charge < -0.3 is 4.42 Å². The van der Waals surface area contributed by atoms with Gasteiger partial charge in [-0.05, 0) is 33.5 Å². The molecule has 0 atom stereocenters. The molecule has 2 heterocycles. The molecule has 9 aromatic rings. The van der Waals surface area contributed by atoms with Gasteiger partial charge in [0, 0.05) is 32.7 Å². The summed E-state index contributed by atoms with van der Waals surface area (Å²) in [4.78, 5) is 10.1. The van der Waals surface area contributed by atoms with Gasteiger partial charge >= 0.3 is 0 Å². The molecule has 0 aliphatic rings. The summed E-state index contributed by atoms with van der Waals surface area (Å²) in [5.41, 5.74) is 10.1. The number of hydrogen-bond donors (Lipinski definition) is 0. The molecule has 0 N–H and O–H groups in total. The van der Waals surface area contributed by atoms with Gasteiger partial charge in [0.25, 0.3) is 0 Å². The molecule has 0 aliphatic carbocycles. The summed E-state index contributed by atoms with van der Waals surface area (Å²) in [6.45, 7) is 0. The van der Waals surface area contributed by atoms with Crippen LogP contribution in [0.25, 0.3) is 88.0 Å². The SMILES string of the molecule is c1ccc(-c2cccc3c2oc2ccccc23)c(-c2ccc(-c3cnc4c5ccccc5c5ccccc5c4n3)cc2)c1. The molecule has 0 spiro atoms. The van der Waals surface area contributed by atoms with Crippen LogP contribution >= 0.6 is 0 Å². The maximum Gasteiger partial charge on any atom is 0.143 e. The molecule has 3 nitrogen and oxygen atoms in total. The molecule has 0 unspecified atom stereocenters. The van der Waals surface area contributed by atoms with Crippen molar-refractivity contribution in [3.63, 3.8) is 0 Å². The van der Waals surface area contributed by atoms with Crippen LogP contribution in [-0.4, -0.2) is 9.97 Å². The van der Waals surface area contributed by atoms with Crippen LogP contribution in [0.2, 0.25) is 0 Å². The van der Waals surface area contributed by atoms with Crippen molar-refractivity contribution in [2.24, 2.45) is 0 Å². The maximum absolute atomic E-state index is 6.38. The Morgan fingerprint density at radius 1 is 0.395 bits per heavy atom. The second kappa shape index (κ2) is 9.37. The second-order valence-electron chi connectivity index (χ2n) is 10.9. The molecule has 0 fully saturated rings. The van der Waals surface area contributed by atoms with Crippen molar-refractivity contribution in [2.45, 2.75) is 0 Å². The molecule has 43 heavy (non-hydrogen) atoms. The lowest BCUT2D eigenvalue weighted by atomic mass is 9.93. The molecule has 0 saturated heterocycles. The van der Waals surface area contributed by atoms with E-state index < -0.39 is 0 Å². The van der Waals surface area contributed by atoms with Crippen LogP contribution < -0.4 is 0 Å². The maximum atomic E-state index is 6.38. The van der Waals surface area contributed by atoms with Gasteiger partial charge in [-0.15, -0.1) is 0 Å². The number of fused-ring (bicyclic) bond motifs is 9. The van der Waals surface area contributed by atoms with Crippen LogP contribution in [0, 0.1) is 0 Å². The summed E-state index contributed by atoms with van der Waals surface area (Å²) in [7, 11) is 0. The largest absolute Gasteiger partial charge is 0.455 e. The van der Waals surface area contributed by atoms with Crippen LogP contribution in [0.3, 0.4) is 0 Å². The summed E-state index contributed by atoms with van der Waals surface area (Å²) in [6, 6.07) is 48.7. The Morgan fingerprint density at radius 2 is 0.953 bits per heavy atom. The topological polar surface area (TPSA) is 38.9 Å². The minimum absolute atomic E-state index is 0.861. The molecule has 9 rings (SSSR count). The summed E-state index contributed by atoms with van der Waals surface area (Å²) in [5.74, 6) is 0. The number of para-hydroxylation sites is 2. The van der Waals surface area contributed by atoms with E-state index in [-0.39, 0.29) is 0 Å². The first-order chi connectivity index (χ1) is 21.3. The van der Waals surface area contributed by atoms with E-state index in [0.29, 0.717) is 0 Å². The average molecular weight is 549 g/mol. The number of hydrogen-bond acceptors (Lipinski definition) is 3. The summed E-state index contributed by atoms with van der Waals surface area (Å²) in [5, 5.41) is 6.92. The van der Waals surface area contributed by atoms with Crippen molar-refractivity contribution in [3.05, 3.63) is 146 Å². The molecule has 200 valence electrons. The van der Waals surface area contributed by atoms with Gasteiger partial charge in [0.05, 0.1) is 22.9 Å². The van der Waals surface area contributed by atoms with Crippen molar-refractivity contribution in [3.8, 4) is 33.5 Å². The number of nitrogens with zero attached hydrogens (tertiary/aromatic N) is 2. The Balaban J connectivity index is 1.16. The van der Waals surface area contributed by atoms with Gasteiger partial charge in [-0.3, -0.25) is 4.98 Å². The minimum Gasteiger partial charge on any atom is -0.455 e. The molecule has 0 bridgehead atoms. The van der Waals surface area contributed by atoms with E-state index in [0.717, 1.165) is 77.3 Å². The molecular formula is C40H24N2O. The Hall–Kier alpha value is -5.80. The fourth-order valence-electron chi connectivity index (χ4n) is 6.51. The first kappa shape index (κ1) is 23.9. The minimum atomic E-state index is 0.861. The Bertz CT molecular complexity index is 2470. The smallest absolute Gasteiger partial charge is 0.143 e. The highest BCUT2D eigenvalue weighted by atomic mass is 16.3. The molecule has 0 saturated carbocycles. The number of benzene rings is 7. The van der Waals surface area contributed by atoms with Crippen molar-refractivity contribution >= 4 is 54.5 Å². The Labute approximate surface area is 247 Å². The monoisotopic (exact) mass is 548 g/mol. The van der Waals surface area contributed by atoms with Gasteiger partial charge in [-0.25, -0.2) is 4.98 Å². The highest BCUT2D eigenvalue weighted by molar-refractivity contribution is 6.23. The quantitative estimate of drug-likeness (QED) is 0.206. The van der Waals surface area contributed by atoms with Gasteiger partial charge in [0.15, 0.2) is 0 Å². The predicted octanol–water partition coefficient (Wildman–Crippen LogP) is 10.8. The van der Waals surface area contributed by atoms with Crippen LogP contribution in [0.4, 0.5) is 0 Å². The Morgan fingerprint density at radius 3 is 1.72 bits per heavy atom. The van der Waals surface area contributed by atoms with Gasteiger partial charge in [0.2, 0.25) is 0 Å². The third-order valence-electron chi connectivity index (χ3n) is 8.54.